The number of halogens is 1. The normalized spacial score (nSPS) is 12.2. The Morgan fingerprint density at radius 2 is 2.00 bits per heavy atom. The van der Waals surface area contributed by atoms with Crippen LogP contribution in [0.4, 0.5) is 0 Å². The molecule has 0 aliphatic rings. The maximum atomic E-state index is 6.37. The molecule has 1 atom stereocenters. The van der Waals surface area contributed by atoms with Gasteiger partial charge in [0.05, 0.1) is 7.11 Å². The van der Waals surface area contributed by atoms with Gasteiger partial charge < -0.3 is 10.1 Å². The first-order valence-electron chi connectivity index (χ1n) is 7.26. The summed E-state index contributed by atoms with van der Waals surface area (Å²) in [7, 11) is 1.69. The Morgan fingerprint density at radius 1 is 1.19 bits per heavy atom. The van der Waals surface area contributed by atoms with E-state index in [-0.39, 0.29) is 6.04 Å². The Morgan fingerprint density at radius 3 is 2.67 bits per heavy atom. The maximum absolute atomic E-state index is 6.37. The van der Waals surface area contributed by atoms with Gasteiger partial charge in [-0.1, -0.05) is 42.8 Å². The second-order valence-electron chi connectivity index (χ2n) is 5.19. The Hall–Kier alpha value is -1.51. The SMILES string of the molecule is CCNC(Cc1ccc(C)cc1Cl)c1cccc(OC)c1. The second-order valence-corrected chi connectivity index (χ2v) is 5.59. The van der Waals surface area contributed by atoms with Crippen LogP contribution in [-0.4, -0.2) is 13.7 Å². The number of methoxy groups -OCH3 is 1. The fraction of sp³-hybridized carbons (Fsp3) is 0.333. The topological polar surface area (TPSA) is 21.3 Å². The number of hydrogen-bond donors (Lipinski definition) is 1. The highest BCUT2D eigenvalue weighted by atomic mass is 35.5. The van der Waals surface area contributed by atoms with Crippen molar-refractivity contribution < 1.29 is 4.74 Å². The molecule has 0 aliphatic carbocycles. The molecule has 3 heteroatoms. The van der Waals surface area contributed by atoms with Crippen LogP contribution in [0.25, 0.3) is 0 Å². The van der Waals surface area contributed by atoms with Gasteiger partial charge in [-0.25, -0.2) is 0 Å². The molecule has 112 valence electrons. The summed E-state index contributed by atoms with van der Waals surface area (Å²) in [6.45, 7) is 5.08. The van der Waals surface area contributed by atoms with E-state index in [1.165, 1.54) is 11.1 Å². The molecule has 0 fully saturated rings. The van der Waals surface area contributed by atoms with Crippen molar-refractivity contribution in [2.45, 2.75) is 26.3 Å². The minimum absolute atomic E-state index is 0.227. The zero-order valence-electron chi connectivity index (χ0n) is 12.8. The van der Waals surface area contributed by atoms with Crippen molar-refractivity contribution in [3.8, 4) is 5.75 Å². The molecule has 1 N–H and O–H groups in total. The predicted octanol–water partition coefficient (Wildman–Crippen LogP) is 4.55. The fourth-order valence-electron chi connectivity index (χ4n) is 2.45. The van der Waals surface area contributed by atoms with Crippen molar-refractivity contribution in [3.05, 3.63) is 64.2 Å². The van der Waals surface area contributed by atoms with Gasteiger partial charge in [0.1, 0.15) is 5.75 Å². The van der Waals surface area contributed by atoms with E-state index < -0.39 is 0 Å². The lowest BCUT2D eigenvalue weighted by molar-refractivity contribution is 0.413. The highest BCUT2D eigenvalue weighted by Crippen LogP contribution is 2.26. The van der Waals surface area contributed by atoms with Crippen LogP contribution < -0.4 is 10.1 Å². The van der Waals surface area contributed by atoms with Gasteiger partial charge in [-0.15, -0.1) is 0 Å². The molecule has 0 bridgehead atoms. The quantitative estimate of drug-likeness (QED) is 0.845. The van der Waals surface area contributed by atoms with E-state index >= 15 is 0 Å². The van der Waals surface area contributed by atoms with Crippen LogP contribution in [0.3, 0.4) is 0 Å². The van der Waals surface area contributed by atoms with Crippen LogP contribution in [0.2, 0.25) is 5.02 Å². The molecule has 0 radical (unpaired) electrons. The molecule has 2 aromatic rings. The van der Waals surface area contributed by atoms with Crippen molar-refractivity contribution in [2.24, 2.45) is 0 Å². The monoisotopic (exact) mass is 303 g/mol. The lowest BCUT2D eigenvalue weighted by Gasteiger charge is -2.20. The van der Waals surface area contributed by atoms with Gasteiger partial charge in [0.25, 0.3) is 0 Å². The molecule has 2 nitrogen and oxygen atoms in total. The largest absolute Gasteiger partial charge is 0.497 e. The molecule has 0 heterocycles. The second kappa shape index (κ2) is 7.48. The first-order chi connectivity index (χ1) is 10.1. The maximum Gasteiger partial charge on any atom is 0.119 e. The van der Waals surface area contributed by atoms with Gasteiger partial charge in [-0.2, -0.15) is 0 Å². The van der Waals surface area contributed by atoms with Gasteiger partial charge in [0.2, 0.25) is 0 Å². The number of ether oxygens (including phenoxy) is 1. The summed E-state index contributed by atoms with van der Waals surface area (Å²) in [5, 5.41) is 4.36. The molecule has 0 aliphatic heterocycles. The Kier molecular flexibility index (Phi) is 5.66. The number of aryl methyl sites for hydroxylation is 1. The zero-order chi connectivity index (χ0) is 15.2. The summed E-state index contributed by atoms with van der Waals surface area (Å²) in [5.41, 5.74) is 3.56. The van der Waals surface area contributed by atoms with Crippen molar-refractivity contribution >= 4 is 11.6 Å². The zero-order valence-corrected chi connectivity index (χ0v) is 13.6. The number of benzene rings is 2. The lowest BCUT2D eigenvalue weighted by atomic mass is 9.98. The summed E-state index contributed by atoms with van der Waals surface area (Å²) in [5.74, 6) is 0.880. The van der Waals surface area contributed by atoms with E-state index in [0.717, 1.165) is 29.3 Å². The van der Waals surface area contributed by atoms with Crippen molar-refractivity contribution in [3.63, 3.8) is 0 Å². The van der Waals surface area contributed by atoms with Crippen molar-refractivity contribution in [1.82, 2.24) is 5.32 Å². The standard InChI is InChI=1S/C18H22ClNO/c1-4-20-18(15-6-5-7-16(11-15)21-3)12-14-9-8-13(2)10-17(14)19/h5-11,18,20H,4,12H2,1-3H3. The number of hydrogen-bond acceptors (Lipinski definition) is 2. The molecule has 0 spiro atoms. The summed E-state index contributed by atoms with van der Waals surface area (Å²) < 4.78 is 5.32. The first kappa shape index (κ1) is 15.9. The average Bonchev–Trinajstić information content (AvgIpc) is 2.49. The minimum atomic E-state index is 0.227. The van der Waals surface area contributed by atoms with E-state index in [1.54, 1.807) is 7.11 Å². The Labute approximate surface area is 132 Å². The third-order valence-electron chi connectivity index (χ3n) is 3.58. The summed E-state index contributed by atoms with van der Waals surface area (Å²) >= 11 is 6.37. The number of nitrogens with one attached hydrogen (secondary N) is 1. The smallest absolute Gasteiger partial charge is 0.119 e. The summed E-state index contributed by atoms with van der Waals surface area (Å²) in [6.07, 6.45) is 0.861. The number of likely N-dealkylation sites (N-methyl/N-ethyl adjacent to an activating group) is 1. The Balaban J connectivity index is 2.25. The molecule has 0 saturated heterocycles. The molecule has 21 heavy (non-hydrogen) atoms. The third-order valence-corrected chi connectivity index (χ3v) is 3.93. The van der Waals surface area contributed by atoms with Crippen LogP contribution >= 0.6 is 11.6 Å². The van der Waals surface area contributed by atoms with E-state index in [4.69, 9.17) is 16.3 Å². The molecular formula is C18H22ClNO. The average molecular weight is 304 g/mol. The highest BCUT2D eigenvalue weighted by Gasteiger charge is 2.13. The lowest BCUT2D eigenvalue weighted by Crippen LogP contribution is -2.23. The summed E-state index contributed by atoms with van der Waals surface area (Å²) in [4.78, 5) is 0. The molecule has 0 saturated carbocycles. The van der Waals surface area contributed by atoms with Crippen LogP contribution in [0.15, 0.2) is 42.5 Å². The molecule has 0 aromatic heterocycles. The van der Waals surface area contributed by atoms with Crippen LogP contribution in [0.5, 0.6) is 5.75 Å². The first-order valence-corrected chi connectivity index (χ1v) is 7.64. The van der Waals surface area contributed by atoms with E-state index in [0.29, 0.717) is 0 Å². The molecule has 0 amide bonds. The van der Waals surface area contributed by atoms with Crippen LogP contribution in [0.1, 0.15) is 29.7 Å². The molecular weight excluding hydrogens is 282 g/mol. The van der Waals surface area contributed by atoms with Gasteiger partial charge >= 0.3 is 0 Å². The molecule has 2 aromatic carbocycles. The van der Waals surface area contributed by atoms with Gasteiger partial charge in [0.15, 0.2) is 0 Å². The fourth-order valence-corrected chi connectivity index (χ4v) is 2.76. The van der Waals surface area contributed by atoms with Crippen LogP contribution in [0, 0.1) is 6.92 Å². The van der Waals surface area contributed by atoms with Crippen LogP contribution in [-0.2, 0) is 6.42 Å². The van der Waals surface area contributed by atoms with E-state index in [2.05, 4.69) is 43.4 Å². The van der Waals surface area contributed by atoms with Gasteiger partial charge in [-0.05, 0) is 54.8 Å². The van der Waals surface area contributed by atoms with Crippen molar-refractivity contribution in [2.75, 3.05) is 13.7 Å². The number of rotatable bonds is 6. The molecule has 2 rings (SSSR count). The highest BCUT2D eigenvalue weighted by molar-refractivity contribution is 6.31. The minimum Gasteiger partial charge on any atom is -0.497 e. The molecule has 1 unspecified atom stereocenters. The summed E-state index contributed by atoms with van der Waals surface area (Å²) in [6, 6.07) is 14.7. The van der Waals surface area contributed by atoms with E-state index in [1.807, 2.05) is 18.2 Å². The third kappa shape index (κ3) is 4.23. The van der Waals surface area contributed by atoms with Gasteiger partial charge in [0, 0.05) is 11.1 Å². The predicted molar refractivity (Wildman–Crippen MR) is 89.3 cm³/mol. The van der Waals surface area contributed by atoms with Gasteiger partial charge in [-0.3, -0.25) is 0 Å². The van der Waals surface area contributed by atoms with E-state index in [9.17, 15) is 0 Å². The Bertz CT molecular complexity index is 598. The van der Waals surface area contributed by atoms with Crippen molar-refractivity contribution in [1.29, 1.82) is 0 Å².